The molecule has 0 saturated carbocycles. The molecule has 2 aromatic rings. The second-order valence-electron chi connectivity index (χ2n) is 3.32. The van der Waals surface area contributed by atoms with Crippen LogP contribution in [-0.4, -0.2) is 25.2 Å². The van der Waals surface area contributed by atoms with Gasteiger partial charge in [-0.05, 0) is 13.0 Å². The van der Waals surface area contributed by atoms with E-state index in [2.05, 4.69) is 4.98 Å². The van der Waals surface area contributed by atoms with Gasteiger partial charge in [0, 0.05) is 14.1 Å². The van der Waals surface area contributed by atoms with Crippen LogP contribution in [0.1, 0.15) is 16.3 Å². The predicted molar refractivity (Wildman–Crippen MR) is 51.4 cm³/mol. The Kier molecular flexibility index (Phi) is 1.64. The number of carboxylic acids is 1. The zero-order valence-electron chi connectivity index (χ0n) is 8.27. The summed E-state index contributed by atoms with van der Waals surface area (Å²) >= 11 is 0. The number of hydrogen-bond donors (Lipinski definition) is 1. The van der Waals surface area contributed by atoms with E-state index in [1.807, 2.05) is 18.5 Å². The molecule has 0 aliphatic carbocycles. The first-order valence-electron chi connectivity index (χ1n) is 4.24. The minimum absolute atomic E-state index is 0.262. The van der Waals surface area contributed by atoms with Crippen LogP contribution in [0, 0.1) is 6.92 Å². The van der Waals surface area contributed by atoms with Gasteiger partial charge in [0.1, 0.15) is 11.5 Å². The lowest BCUT2D eigenvalue weighted by atomic mass is 10.4. The number of nitrogens with zero attached hydrogens (tertiary/aromatic N) is 3. The minimum Gasteiger partial charge on any atom is -0.477 e. The first kappa shape index (κ1) is 8.80. The molecule has 74 valence electrons. The van der Waals surface area contributed by atoms with Crippen LogP contribution in [0.4, 0.5) is 0 Å². The summed E-state index contributed by atoms with van der Waals surface area (Å²) in [4.78, 5) is 15.1. The van der Waals surface area contributed by atoms with Crippen LogP contribution >= 0.6 is 0 Å². The van der Waals surface area contributed by atoms with Crippen LogP contribution in [0.25, 0.3) is 11.2 Å². The SMILES string of the molecule is Cc1nc2c(cc(C(=O)O)n2C)n1C. The van der Waals surface area contributed by atoms with E-state index in [9.17, 15) is 4.79 Å². The first-order valence-corrected chi connectivity index (χ1v) is 4.24. The van der Waals surface area contributed by atoms with E-state index in [1.165, 1.54) is 0 Å². The summed E-state index contributed by atoms with van der Waals surface area (Å²) in [5, 5.41) is 8.89. The van der Waals surface area contributed by atoms with Crippen molar-refractivity contribution >= 4 is 17.1 Å². The van der Waals surface area contributed by atoms with E-state index >= 15 is 0 Å². The van der Waals surface area contributed by atoms with Crippen molar-refractivity contribution in [1.29, 1.82) is 0 Å². The van der Waals surface area contributed by atoms with Gasteiger partial charge in [-0.3, -0.25) is 0 Å². The minimum atomic E-state index is -0.928. The van der Waals surface area contributed by atoms with Crippen molar-refractivity contribution < 1.29 is 9.90 Å². The van der Waals surface area contributed by atoms with Crippen molar-refractivity contribution in [3.05, 3.63) is 17.6 Å². The highest BCUT2D eigenvalue weighted by Gasteiger charge is 2.16. The highest BCUT2D eigenvalue weighted by Crippen LogP contribution is 2.18. The Morgan fingerprint density at radius 1 is 1.43 bits per heavy atom. The second kappa shape index (κ2) is 2.60. The Hall–Kier alpha value is -1.78. The molecule has 0 saturated heterocycles. The lowest BCUT2D eigenvalue weighted by Crippen LogP contribution is -2.04. The zero-order valence-corrected chi connectivity index (χ0v) is 8.27. The van der Waals surface area contributed by atoms with Gasteiger partial charge in [-0.1, -0.05) is 0 Å². The van der Waals surface area contributed by atoms with Crippen LogP contribution < -0.4 is 0 Å². The molecular formula is C9H11N3O2. The summed E-state index contributed by atoms with van der Waals surface area (Å²) in [6.07, 6.45) is 0. The number of rotatable bonds is 1. The van der Waals surface area contributed by atoms with Gasteiger partial charge in [0.05, 0.1) is 5.52 Å². The standard InChI is InChI=1S/C9H11N3O2/c1-5-10-8-6(11(5)2)4-7(9(13)14)12(8)3/h4H,1-3H3,(H,13,14). The smallest absolute Gasteiger partial charge is 0.352 e. The van der Waals surface area contributed by atoms with Crippen LogP contribution in [0.2, 0.25) is 0 Å². The topological polar surface area (TPSA) is 60.0 Å². The van der Waals surface area contributed by atoms with E-state index in [1.54, 1.807) is 17.7 Å². The number of aromatic nitrogens is 3. The van der Waals surface area contributed by atoms with Crippen molar-refractivity contribution in [2.75, 3.05) is 0 Å². The quantitative estimate of drug-likeness (QED) is 0.732. The maximum absolute atomic E-state index is 10.8. The van der Waals surface area contributed by atoms with E-state index in [0.717, 1.165) is 11.3 Å². The van der Waals surface area contributed by atoms with Crippen LogP contribution in [0.5, 0.6) is 0 Å². The third-order valence-corrected chi connectivity index (χ3v) is 2.52. The van der Waals surface area contributed by atoms with Gasteiger partial charge >= 0.3 is 5.97 Å². The zero-order chi connectivity index (χ0) is 10.5. The number of carboxylic acid groups (broad SMARTS) is 1. The molecule has 2 rings (SSSR count). The van der Waals surface area contributed by atoms with Crippen molar-refractivity contribution in [2.45, 2.75) is 6.92 Å². The summed E-state index contributed by atoms with van der Waals surface area (Å²) in [5.41, 5.74) is 1.82. The van der Waals surface area contributed by atoms with Gasteiger partial charge < -0.3 is 14.2 Å². The van der Waals surface area contributed by atoms with E-state index < -0.39 is 5.97 Å². The van der Waals surface area contributed by atoms with E-state index in [0.29, 0.717) is 5.65 Å². The first-order chi connectivity index (χ1) is 6.52. The summed E-state index contributed by atoms with van der Waals surface area (Å²) in [6, 6.07) is 1.64. The van der Waals surface area contributed by atoms with Crippen molar-refractivity contribution in [3.8, 4) is 0 Å². The van der Waals surface area contributed by atoms with E-state index in [-0.39, 0.29) is 5.69 Å². The fraction of sp³-hybridized carbons (Fsp3) is 0.333. The molecule has 5 heteroatoms. The molecule has 14 heavy (non-hydrogen) atoms. The van der Waals surface area contributed by atoms with Crippen molar-refractivity contribution in [1.82, 2.24) is 14.1 Å². The van der Waals surface area contributed by atoms with Gasteiger partial charge in [0.25, 0.3) is 0 Å². The van der Waals surface area contributed by atoms with E-state index in [4.69, 9.17) is 5.11 Å². The molecule has 0 radical (unpaired) electrons. The molecule has 5 nitrogen and oxygen atoms in total. The Morgan fingerprint density at radius 2 is 2.07 bits per heavy atom. The molecular weight excluding hydrogens is 182 g/mol. The number of hydrogen-bond acceptors (Lipinski definition) is 2. The fourth-order valence-electron chi connectivity index (χ4n) is 1.56. The molecule has 2 aromatic heterocycles. The number of aromatic carboxylic acids is 1. The molecule has 0 spiro atoms. The summed E-state index contributed by atoms with van der Waals surface area (Å²) in [6.45, 7) is 1.89. The van der Waals surface area contributed by atoms with Gasteiger partial charge in [-0.25, -0.2) is 9.78 Å². The molecule has 0 fully saturated rings. The highest BCUT2D eigenvalue weighted by molar-refractivity contribution is 5.92. The fourth-order valence-corrected chi connectivity index (χ4v) is 1.56. The number of imidazole rings is 1. The average molecular weight is 193 g/mol. The summed E-state index contributed by atoms with van der Waals surface area (Å²) in [7, 11) is 3.58. The molecule has 0 aromatic carbocycles. The number of aryl methyl sites for hydroxylation is 3. The molecule has 0 unspecified atom stereocenters. The normalized spacial score (nSPS) is 11.1. The maximum Gasteiger partial charge on any atom is 0.352 e. The Labute approximate surface area is 80.6 Å². The third kappa shape index (κ3) is 0.951. The summed E-state index contributed by atoms with van der Waals surface area (Å²) < 4.78 is 3.46. The van der Waals surface area contributed by atoms with Crippen LogP contribution in [0.3, 0.4) is 0 Å². The number of fused-ring (bicyclic) bond motifs is 1. The lowest BCUT2D eigenvalue weighted by molar-refractivity contribution is 0.0687. The predicted octanol–water partition coefficient (Wildman–Crippen LogP) is 0.918. The Morgan fingerprint density at radius 3 is 2.57 bits per heavy atom. The third-order valence-electron chi connectivity index (χ3n) is 2.52. The molecule has 0 aliphatic heterocycles. The molecule has 0 bridgehead atoms. The molecule has 0 amide bonds. The van der Waals surface area contributed by atoms with Crippen LogP contribution in [-0.2, 0) is 14.1 Å². The molecule has 1 N–H and O–H groups in total. The average Bonchev–Trinajstić information content (AvgIpc) is 2.56. The molecule has 0 aliphatic rings. The largest absolute Gasteiger partial charge is 0.477 e. The molecule has 0 atom stereocenters. The van der Waals surface area contributed by atoms with Gasteiger partial charge in [-0.15, -0.1) is 0 Å². The van der Waals surface area contributed by atoms with Gasteiger partial charge in [-0.2, -0.15) is 0 Å². The second-order valence-corrected chi connectivity index (χ2v) is 3.32. The highest BCUT2D eigenvalue weighted by atomic mass is 16.4. The van der Waals surface area contributed by atoms with Gasteiger partial charge in [0.15, 0.2) is 5.65 Å². The lowest BCUT2D eigenvalue weighted by Gasteiger charge is -1.96. The monoisotopic (exact) mass is 193 g/mol. The van der Waals surface area contributed by atoms with Crippen molar-refractivity contribution in [3.63, 3.8) is 0 Å². The molecule has 2 heterocycles. The van der Waals surface area contributed by atoms with Crippen LogP contribution in [0.15, 0.2) is 6.07 Å². The number of carbonyl (C=O) groups is 1. The Bertz CT molecular complexity index is 522. The Balaban J connectivity index is 2.83. The van der Waals surface area contributed by atoms with Crippen molar-refractivity contribution in [2.24, 2.45) is 14.1 Å². The van der Waals surface area contributed by atoms with Gasteiger partial charge in [0.2, 0.25) is 0 Å². The maximum atomic E-state index is 10.8. The summed E-state index contributed by atoms with van der Waals surface area (Å²) in [5.74, 6) is -0.0503.